The fraction of sp³-hybridized carbons (Fsp3) is 0.200. The van der Waals surface area contributed by atoms with Gasteiger partial charge in [0, 0.05) is 49.1 Å². The Morgan fingerprint density at radius 1 is 0.927 bits per heavy atom. The molecule has 3 aromatic carbocycles. The van der Waals surface area contributed by atoms with E-state index in [1.807, 2.05) is 24.3 Å². The van der Waals surface area contributed by atoms with Crippen LogP contribution in [0.15, 0.2) is 72.8 Å². The van der Waals surface area contributed by atoms with Gasteiger partial charge < -0.3 is 19.1 Å². The second-order valence-corrected chi connectivity index (χ2v) is 9.96. The van der Waals surface area contributed by atoms with Crippen LogP contribution in [0.1, 0.15) is 26.4 Å². The van der Waals surface area contributed by atoms with Gasteiger partial charge in [-0.1, -0.05) is 35.9 Å². The SMILES string of the molecule is COc1cccc(-c2cc(C(=O)N3CCN(C(=O)c4ccc(Cl)c([N+](=O)[O-])c4)CC3)c(C)n2-c2ccccc2F)c1. The molecule has 210 valence electrons. The van der Waals surface area contributed by atoms with Gasteiger partial charge >= 0.3 is 0 Å². The Bertz CT molecular complexity index is 1660. The third-order valence-corrected chi connectivity index (χ3v) is 7.50. The highest BCUT2D eigenvalue weighted by molar-refractivity contribution is 6.32. The number of benzene rings is 3. The van der Waals surface area contributed by atoms with E-state index in [4.69, 9.17) is 16.3 Å². The first-order chi connectivity index (χ1) is 19.7. The van der Waals surface area contributed by atoms with Crippen molar-refractivity contribution < 1.29 is 23.6 Å². The van der Waals surface area contributed by atoms with Crippen molar-refractivity contribution in [1.29, 1.82) is 0 Å². The van der Waals surface area contributed by atoms with Crippen LogP contribution in [0.5, 0.6) is 5.75 Å². The van der Waals surface area contributed by atoms with Gasteiger partial charge in [-0.05, 0) is 49.4 Å². The number of nitro benzene ring substituents is 1. The van der Waals surface area contributed by atoms with E-state index in [0.29, 0.717) is 28.4 Å². The quantitative estimate of drug-likeness (QED) is 0.215. The number of halogens is 2. The summed E-state index contributed by atoms with van der Waals surface area (Å²) in [4.78, 5) is 40.6. The number of aromatic nitrogens is 1. The molecule has 0 N–H and O–H groups in total. The zero-order valence-electron chi connectivity index (χ0n) is 22.3. The number of nitro groups is 1. The normalized spacial score (nSPS) is 13.3. The van der Waals surface area contributed by atoms with Crippen molar-refractivity contribution in [2.75, 3.05) is 33.3 Å². The minimum atomic E-state index is -0.634. The van der Waals surface area contributed by atoms with E-state index >= 15 is 0 Å². The maximum atomic E-state index is 15.0. The minimum absolute atomic E-state index is 0.0482. The predicted octanol–water partition coefficient (Wildman–Crippen LogP) is 5.76. The molecule has 0 saturated carbocycles. The average molecular weight is 577 g/mol. The molecular formula is C30H26ClFN4O5. The summed E-state index contributed by atoms with van der Waals surface area (Å²) < 4.78 is 22.1. The third-order valence-electron chi connectivity index (χ3n) is 7.18. The lowest BCUT2D eigenvalue weighted by atomic mass is 10.1. The Hall–Kier alpha value is -4.70. The first kappa shape index (κ1) is 27.9. The number of methoxy groups -OCH3 is 1. The maximum absolute atomic E-state index is 15.0. The molecule has 41 heavy (non-hydrogen) atoms. The van der Waals surface area contributed by atoms with E-state index in [2.05, 4.69) is 0 Å². The molecule has 5 rings (SSSR count). The van der Waals surface area contributed by atoms with Gasteiger partial charge in [-0.2, -0.15) is 0 Å². The molecule has 1 aliphatic heterocycles. The molecule has 1 aromatic heterocycles. The van der Waals surface area contributed by atoms with Crippen LogP contribution in [0, 0.1) is 22.9 Å². The zero-order valence-corrected chi connectivity index (χ0v) is 23.1. The number of nitrogens with zero attached hydrogens (tertiary/aromatic N) is 4. The summed E-state index contributed by atoms with van der Waals surface area (Å²) in [6, 6.07) is 19.4. The highest BCUT2D eigenvalue weighted by Gasteiger charge is 2.29. The van der Waals surface area contributed by atoms with Gasteiger partial charge in [0.1, 0.15) is 16.6 Å². The van der Waals surface area contributed by atoms with Crippen LogP contribution >= 0.6 is 11.6 Å². The number of para-hydroxylation sites is 1. The molecule has 0 atom stereocenters. The summed E-state index contributed by atoms with van der Waals surface area (Å²) in [6.07, 6.45) is 0. The van der Waals surface area contributed by atoms with Crippen molar-refractivity contribution in [2.45, 2.75) is 6.92 Å². The van der Waals surface area contributed by atoms with Gasteiger partial charge in [0.15, 0.2) is 0 Å². The summed E-state index contributed by atoms with van der Waals surface area (Å²) in [5, 5.41) is 11.2. The first-order valence-electron chi connectivity index (χ1n) is 12.8. The number of piperazine rings is 1. The molecule has 0 bridgehead atoms. The second-order valence-electron chi connectivity index (χ2n) is 9.56. The molecule has 0 unspecified atom stereocenters. The Labute approximate surface area is 240 Å². The van der Waals surface area contributed by atoms with E-state index in [1.165, 1.54) is 18.2 Å². The average Bonchev–Trinajstić information content (AvgIpc) is 3.33. The highest BCUT2D eigenvalue weighted by atomic mass is 35.5. The summed E-state index contributed by atoms with van der Waals surface area (Å²) in [7, 11) is 1.56. The number of carbonyl (C=O) groups excluding carboxylic acids is 2. The van der Waals surface area contributed by atoms with Crippen molar-refractivity contribution in [3.63, 3.8) is 0 Å². The molecule has 0 spiro atoms. The van der Waals surface area contributed by atoms with Gasteiger partial charge in [0.25, 0.3) is 17.5 Å². The lowest BCUT2D eigenvalue weighted by Crippen LogP contribution is -2.50. The van der Waals surface area contributed by atoms with Gasteiger partial charge in [-0.15, -0.1) is 0 Å². The summed E-state index contributed by atoms with van der Waals surface area (Å²) in [5.41, 5.74) is 2.50. The highest BCUT2D eigenvalue weighted by Crippen LogP contribution is 2.33. The lowest BCUT2D eigenvalue weighted by molar-refractivity contribution is -0.384. The largest absolute Gasteiger partial charge is 0.497 e. The monoisotopic (exact) mass is 576 g/mol. The zero-order chi connectivity index (χ0) is 29.3. The van der Waals surface area contributed by atoms with Crippen molar-refractivity contribution >= 4 is 29.1 Å². The molecular weight excluding hydrogens is 551 g/mol. The van der Waals surface area contributed by atoms with Gasteiger partial charge in [0.2, 0.25) is 0 Å². The molecule has 1 fully saturated rings. The van der Waals surface area contributed by atoms with E-state index in [1.54, 1.807) is 52.7 Å². The molecule has 1 saturated heterocycles. The van der Waals surface area contributed by atoms with Crippen LogP contribution in [-0.4, -0.2) is 64.4 Å². The predicted molar refractivity (Wildman–Crippen MR) is 152 cm³/mol. The molecule has 4 aromatic rings. The van der Waals surface area contributed by atoms with Gasteiger partial charge in [0.05, 0.1) is 29.0 Å². The van der Waals surface area contributed by atoms with E-state index in [0.717, 1.165) is 11.6 Å². The Kier molecular flexibility index (Phi) is 7.76. The number of ether oxygens (including phenoxy) is 1. The van der Waals surface area contributed by atoms with Gasteiger partial charge in [-0.3, -0.25) is 19.7 Å². The first-order valence-corrected chi connectivity index (χ1v) is 13.2. The molecule has 0 radical (unpaired) electrons. The molecule has 2 amide bonds. The van der Waals surface area contributed by atoms with E-state index in [9.17, 15) is 24.1 Å². The lowest BCUT2D eigenvalue weighted by Gasteiger charge is -2.34. The number of amides is 2. The van der Waals surface area contributed by atoms with Crippen LogP contribution in [0.25, 0.3) is 16.9 Å². The topological polar surface area (TPSA) is 97.9 Å². The Morgan fingerprint density at radius 3 is 2.27 bits per heavy atom. The van der Waals surface area contributed by atoms with Crippen LogP contribution < -0.4 is 4.74 Å². The third kappa shape index (κ3) is 5.38. The van der Waals surface area contributed by atoms with Crippen LogP contribution in [0.2, 0.25) is 5.02 Å². The van der Waals surface area contributed by atoms with E-state index in [-0.39, 0.29) is 54.3 Å². The fourth-order valence-corrected chi connectivity index (χ4v) is 5.20. The molecule has 1 aliphatic rings. The number of hydrogen-bond acceptors (Lipinski definition) is 5. The van der Waals surface area contributed by atoms with Crippen molar-refractivity contribution in [3.05, 3.63) is 111 Å². The molecule has 9 nitrogen and oxygen atoms in total. The number of carbonyl (C=O) groups is 2. The summed E-state index contributed by atoms with van der Waals surface area (Å²) in [6.45, 7) is 2.79. The Balaban J connectivity index is 1.41. The summed E-state index contributed by atoms with van der Waals surface area (Å²) in [5.74, 6) is -0.417. The fourth-order valence-electron chi connectivity index (χ4n) is 5.01. The van der Waals surface area contributed by atoms with Gasteiger partial charge in [-0.25, -0.2) is 4.39 Å². The van der Waals surface area contributed by atoms with E-state index < -0.39 is 10.7 Å². The molecule has 0 aliphatic carbocycles. The smallest absolute Gasteiger partial charge is 0.288 e. The Morgan fingerprint density at radius 2 is 1.61 bits per heavy atom. The second kappa shape index (κ2) is 11.4. The van der Waals surface area contributed by atoms with Crippen molar-refractivity contribution in [1.82, 2.24) is 14.4 Å². The standard InChI is InChI=1S/C30H26ClFN4O5/c1-19-23(18-27(20-6-5-7-22(16-20)41-2)35(19)26-9-4-3-8-25(26)32)30(38)34-14-12-33(13-15-34)29(37)21-10-11-24(31)28(17-21)36(39)40/h3-11,16-18H,12-15H2,1-2H3. The van der Waals surface area contributed by atoms with Crippen molar-refractivity contribution in [2.24, 2.45) is 0 Å². The number of rotatable bonds is 6. The van der Waals surface area contributed by atoms with Crippen molar-refractivity contribution in [3.8, 4) is 22.7 Å². The molecule has 2 heterocycles. The van der Waals surface area contributed by atoms with Crippen LogP contribution in [0.3, 0.4) is 0 Å². The summed E-state index contributed by atoms with van der Waals surface area (Å²) >= 11 is 5.88. The molecule has 11 heteroatoms. The number of hydrogen-bond donors (Lipinski definition) is 0. The minimum Gasteiger partial charge on any atom is -0.497 e. The maximum Gasteiger partial charge on any atom is 0.288 e. The van der Waals surface area contributed by atoms with Crippen LogP contribution in [-0.2, 0) is 0 Å². The van der Waals surface area contributed by atoms with Crippen LogP contribution in [0.4, 0.5) is 10.1 Å².